The van der Waals surface area contributed by atoms with Gasteiger partial charge in [0, 0.05) is 33.0 Å². The van der Waals surface area contributed by atoms with E-state index in [0.717, 1.165) is 64.2 Å². The predicted molar refractivity (Wildman–Crippen MR) is 162 cm³/mol. The third-order valence-electron chi connectivity index (χ3n) is 7.86. The van der Waals surface area contributed by atoms with Crippen LogP contribution in [-0.2, 0) is 37.9 Å². The minimum Gasteiger partial charge on any atom is -0.394 e. The second-order valence-electron chi connectivity index (χ2n) is 11.6. The Balaban J connectivity index is 2.42. The van der Waals surface area contributed by atoms with Gasteiger partial charge in [-0.25, -0.2) is 0 Å². The Morgan fingerprint density at radius 2 is 1.02 bits per heavy atom. The largest absolute Gasteiger partial charge is 0.394 e. The van der Waals surface area contributed by atoms with E-state index < -0.39 is 68.0 Å². The van der Waals surface area contributed by atoms with Crippen LogP contribution in [-0.4, -0.2) is 123 Å². The van der Waals surface area contributed by atoms with Crippen molar-refractivity contribution >= 4 is 0 Å². The summed E-state index contributed by atoms with van der Waals surface area (Å²) in [5.41, 5.74) is 0. The molecule has 2 rings (SSSR count). The highest BCUT2D eigenvalue weighted by molar-refractivity contribution is 4.96. The lowest BCUT2D eigenvalue weighted by Crippen LogP contribution is -2.66. The average molecular weight is 623 g/mol. The van der Waals surface area contributed by atoms with Crippen molar-refractivity contribution in [2.75, 3.05) is 46.2 Å². The highest BCUT2D eigenvalue weighted by Crippen LogP contribution is 2.34. The standard InChI is InChI=1S/C32H62O11/c1-6-11-16-36-22-24-26(28(38-18-13-8-3)29(31(35)41-24)39-19-14-9-4)43-32-30(40-20-15-10-5)27(37-17-12-7-2)25(34)23(21-33)42-32/h23-35H,6-22H2,1-5H3/t23?,24?,25-,26+,27?,28?,29?,30?,31+,32-/m0/s1. The normalized spacial score (nSPS) is 33.2. The van der Waals surface area contributed by atoms with E-state index in [1.165, 1.54) is 0 Å². The molecule has 2 heterocycles. The van der Waals surface area contributed by atoms with Gasteiger partial charge in [-0.1, -0.05) is 66.7 Å². The predicted octanol–water partition coefficient (Wildman–Crippen LogP) is 3.72. The Hall–Kier alpha value is -0.440. The Bertz CT molecular complexity index is 671. The van der Waals surface area contributed by atoms with Gasteiger partial charge in [0.2, 0.25) is 0 Å². The maximum Gasteiger partial charge on any atom is 0.187 e. The molecule has 0 saturated carbocycles. The molecule has 0 amide bonds. The molecule has 6 unspecified atom stereocenters. The lowest BCUT2D eigenvalue weighted by Gasteiger charge is -2.49. The smallest absolute Gasteiger partial charge is 0.187 e. The Morgan fingerprint density at radius 3 is 1.56 bits per heavy atom. The summed E-state index contributed by atoms with van der Waals surface area (Å²) in [6, 6.07) is 0. The second kappa shape index (κ2) is 23.0. The summed E-state index contributed by atoms with van der Waals surface area (Å²) in [4.78, 5) is 0. The van der Waals surface area contributed by atoms with E-state index in [0.29, 0.717) is 33.0 Å². The number of hydrogen-bond donors (Lipinski definition) is 3. The maximum atomic E-state index is 11.1. The van der Waals surface area contributed by atoms with Crippen LogP contribution in [0.25, 0.3) is 0 Å². The summed E-state index contributed by atoms with van der Waals surface area (Å²) in [5.74, 6) is 0. The quantitative estimate of drug-likeness (QED) is 0.136. The van der Waals surface area contributed by atoms with Crippen molar-refractivity contribution in [3.63, 3.8) is 0 Å². The molecule has 0 aliphatic carbocycles. The molecule has 256 valence electrons. The molecule has 0 bridgehead atoms. The van der Waals surface area contributed by atoms with Crippen molar-refractivity contribution in [3.8, 4) is 0 Å². The molecule has 0 aromatic carbocycles. The van der Waals surface area contributed by atoms with E-state index >= 15 is 0 Å². The Morgan fingerprint density at radius 1 is 0.535 bits per heavy atom. The number of unbranched alkanes of at least 4 members (excludes halogenated alkanes) is 5. The number of aliphatic hydroxyl groups excluding tert-OH is 3. The van der Waals surface area contributed by atoms with Crippen LogP contribution in [0.2, 0.25) is 0 Å². The number of ether oxygens (including phenoxy) is 8. The van der Waals surface area contributed by atoms with Crippen LogP contribution < -0.4 is 0 Å². The highest BCUT2D eigenvalue weighted by Gasteiger charge is 2.53. The SMILES string of the molecule is CCCCOCC1O[C@@H](O)C(OCCCC)C(OCCCC)[C@@H]1O[C@@H]1OC(CO)[C@H](O)C(OCCCC)C1OCCCC. The lowest BCUT2D eigenvalue weighted by atomic mass is 9.96. The van der Waals surface area contributed by atoms with Crippen molar-refractivity contribution in [2.45, 2.75) is 160 Å². The minimum atomic E-state index is -1.23. The van der Waals surface area contributed by atoms with Gasteiger partial charge in [-0.3, -0.25) is 0 Å². The maximum absolute atomic E-state index is 11.1. The zero-order valence-electron chi connectivity index (χ0n) is 27.4. The first-order chi connectivity index (χ1) is 21.0. The van der Waals surface area contributed by atoms with Gasteiger partial charge < -0.3 is 53.2 Å². The molecule has 0 spiro atoms. The first-order valence-corrected chi connectivity index (χ1v) is 16.9. The second-order valence-corrected chi connectivity index (χ2v) is 11.6. The van der Waals surface area contributed by atoms with Crippen LogP contribution in [0.15, 0.2) is 0 Å². The van der Waals surface area contributed by atoms with Crippen LogP contribution in [0.5, 0.6) is 0 Å². The number of rotatable bonds is 24. The molecular formula is C32H62O11. The van der Waals surface area contributed by atoms with E-state index in [1.54, 1.807) is 0 Å². The first kappa shape index (κ1) is 38.7. The van der Waals surface area contributed by atoms with Crippen LogP contribution in [0, 0.1) is 0 Å². The molecule has 2 saturated heterocycles. The van der Waals surface area contributed by atoms with Gasteiger partial charge in [-0.15, -0.1) is 0 Å². The van der Waals surface area contributed by atoms with Crippen LogP contribution >= 0.6 is 0 Å². The van der Waals surface area contributed by atoms with Crippen LogP contribution in [0.4, 0.5) is 0 Å². The molecule has 0 aromatic heterocycles. The number of aliphatic hydroxyl groups is 3. The van der Waals surface area contributed by atoms with E-state index in [2.05, 4.69) is 34.6 Å². The summed E-state index contributed by atoms with van der Waals surface area (Å²) in [6.45, 7) is 12.5. The minimum absolute atomic E-state index is 0.174. The van der Waals surface area contributed by atoms with E-state index in [-0.39, 0.29) is 6.61 Å². The molecule has 3 N–H and O–H groups in total. The third-order valence-corrected chi connectivity index (χ3v) is 7.86. The van der Waals surface area contributed by atoms with Gasteiger partial charge in [0.15, 0.2) is 12.6 Å². The fraction of sp³-hybridized carbons (Fsp3) is 1.00. The van der Waals surface area contributed by atoms with Gasteiger partial charge in [0.05, 0.1) is 13.2 Å². The van der Waals surface area contributed by atoms with Gasteiger partial charge in [0.25, 0.3) is 0 Å². The number of hydrogen-bond acceptors (Lipinski definition) is 11. The van der Waals surface area contributed by atoms with Gasteiger partial charge >= 0.3 is 0 Å². The highest BCUT2D eigenvalue weighted by atomic mass is 16.7. The van der Waals surface area contributed by atoms with E-state index in [1.807, 2.05) is 0 Å². The van der Waals surface area contributed by atoms with Gasteiger partial charge in [0.1, 0.15) is 48.8 Å². The molecule has 2 fully saturated rings. The molecule has 10 atom stereocenters. The van der Waals surface area contributed by atoms with Gasteiger partial charge in [-0.2, -0.15) is 0 Å². The molecule has 11 nitrogen and oxygen atoms in total. The molecule has 43 heavy (non-hydrogen) atoms. The van der Waals surface area contributed by atoms with Crippen LogP contribution in [0.1, 0.15) is 98.8 Å². The average Bonchev–Trinajstić information content (AvgIpc) is 3.00. The topological polar surface area (TPSA) is 135 Å². The Kier molecular flexibility index (Phi) is 20.7. The zero-order valence-corrected chi connectivity index (χ0v) is 27.4. The molecular weight excluding hydrogens is 560 g/mol. The summed E-state index contributed by atoms with van der Waals surface area (Å²) in [7, 11) is 0. The van der Waals surface area contributed by atoms with Crippen molar-refractivity contribution in [3.05, 3.63) is 0 Å². The third kappa shape index (κ3) is 12.7. The molecule has 0 aromatic rings. The first-order valence-electron chi connectivity index (χ1n) is 16.9. The molecule has 2 aliphatic heterocycles. The van der Waals surface area contributed by atoms with E-state index in [9.17, 15) is 15.3 Å². The fourth-order valence-electron chi connectivity index (χ4n) is 5.13. The summed E-state index contributed by atoms with van der Waals surface area (Å²) < 4.78 is 49.9. The van der Waals surface area contributed by atoms with Gasteiger partial charge in [-0.05, 0) is 32.1 Å². The lowest BCUT2D eigenvalue weighted by molar-refractivity contribution is -0.368. The monoisotopic (exact) mass is 622 g/mol. The summed E-state index contributed by atoms with van der Waals surface area (Å²) in [6.07, 6.45) is 0.134. The van der Waals surface area contributed by atoms with Crippen molar-refractivity contribution < 1.29 is 53.2 Å². The fourth-order valence-corrected chi connectivity index (χ4v) is 5.13. The van der Waals surface area contributed by atoms with Crippen molar-refractivity contribution in [1.82, 2.24) is 0 Å². The Labute approximate surface area is 259 Å². The van der Waals surface area contributed by atoms with Crippen molar-refractivity contribution in [1.29, 1.82) is 0 Å². The van der Waals surface area contributed by atoms with E-state index in [4.69, 9.17) is 37.9 Å². The molecule has 0 radical (unpaired) electrons. The van der Waals surface area contributed by atoms with Crippen molar-refractivity contribution in [2.24, 2.45) is 0 Å². The summed E-state index contributed by atoms with van der Waals surface area (Å²) in [5, 5.41) is 32.3. The summed E-state index contributed by atoms with van der Waals surface area (Å²) >= 11 is 0. The molecule has 2 aliphatic rings. The molecule has 11 heteroatoms. The zero-order chi connectivity index (χ0) is 31.5. The van der Waals surface area contributed by atoms with Crippen LogP contribution in [0.3, 0.4) is 0 Å².